The Hall–Kier alpha value is -1.44. The number of benzene rings is 2. The van der Waals surface area contributed by atoms with Gasteiger partial charge in [-0.15, -0.1) is 0 Å². The minimum atomic E-state index is -3.52. The number of hydrogen-bond donors (Lipinski definition) is 1. The maximum absolute atomic E-state index is 13.9. The van der Waals surface area contributed by atoms with Crippen LogP contribution in [0.4, 0.5) is 10.1 Å². The Bertz CT molecular complexity index is 867. The summed E-state index contributed by atoms with van der Waals surface area (Å²) in [6, 6.07) is 8.10. The summed E-state index contributed by atoms with van der Waals surface area (Å²) in [4.78, 5) is 0.217. The summed E-state index contributed by atoms with van der Waals surface area (Å²) in [5, 5.41) is 3.14. The van der Waals surface area contributed by atoms with E-state index in [1.807, 2.05) is 13.8 Å². The standard InChI is InChI=1S/C17H20BrFN2O2S/c1-11-7-15(24(22,23)21(3)4)9-17(12(11)2)20-10-13-5-6-14(18)8-16(13)19/h5-9,20H,10H2,1-4H3. The van der Waals surface area contributed by atoms with Crippen LogP contribution in [0.25, 0.3) is 0 Å². The van der Waals surface area contributed by atoms with Crippen LogP contribution in [0.2, 0.25) is 0 Å². The number of aryl methyl sites for hydroxylation is 1. The molecule has 0 spiro atoms. The van der Waals surface area contributed by atoms with E-state index in [0.717, 1.165) is 11.1 Å². The minimum Gasteiger partial charge on any atom is -0.381 e. The maximum atomic E-state index is 13.9. The molecule has 7 heteroatoms. The Labute approximate surface area is 150 Å². The molecule has 0 amide bonds. The average molecular weight is 415 g/mol. The van der Waals surface area contributed by atoms with Crippen molar-refractivity contribution >= 4 is 31.6 Å². The first-order valence-corrected chi connectivity index (χ1v) is 9.58. The molecule has 0 heterocycles. The monoisotopic (exact) mass is 414 g/mol. The molecule has 130 valence electrons. The van der Waals surface area contributed by atoms with Crippen LogP contribution in [0.15, 0.2) is 39.7 Å². The quantitative estimate of drug-likeness (QED) is 0.801. The average Bonchev–Trinajstić information content (AvgIpc) is 2.49. The first-order chi connectivity index (χ1) is 11.1. The SMILES string of the molecule is Cc1cc(S(=O)(=O)N(C)C)cc(NCc2ccc(Br)cc2F)c1C. The fraction of sp³-hybridized carbons (Fsp3) is 0.294. The predicted molar refractivity (Wildman–Crippen MR) is 98.2 cm³/mol. The van der Waals surface area contributed by atoms with Crippen molar-refractivity contribution in [3.63, 3.8) is 0 Å². The Morgan fingerprint density at radius 3 is 2.42 bits per heavy atom. The van der Waals surface area contributed by atoms with E-state index in [1.54, 1.807) is 24.3 Å². The third kappa shape index (κ3) is 3.96. The van der Waals surface area contributed by atoms with Crippen LogP contribution in [0.1, 0.15) is 16.7 Å². The van der Waals surface area contributed by atoms with Gasteiger partial charge in [-0.2, -0.15) is 0 Å². The van der Waals surface area contributed by atoms with Gasteiger partial charge >= 0.3 is 0 Å². The van der Waals surface area contributed by atoms with Crippen LogP contribution >= 0.6 is 15.9 Å². The number of nitrogens with zero attached hydrogens (tertiary/aromatic N) is 1. The van der Waals surface area contributed by atoms with Crippen LogP contribution in [-0.2, 0) is 16.6 Å². The van der Waals surface area contributed by atoms with Gasteiger partial charge < -0.3 is 5.32 Å². The molecule has 0 fully saturated rings. The summed E-state index contributed by atoms with van der Waals surface area (Å²) < 4.78 is 40.5. The summed E-state index contributed by atoms with van der Waals surface area (Å²) >= 11 is 3.23. The van der Waals surface area contributed by atoms with E-state index >= 15 is 0 Å². The second-order valence-electron chi connectivity index (χ2n) is 5.79. The molecule has 0 saturated carbocycles. The third-order valence-corrected chi connectivity index (χ3v) is 6.19. The van der Waals surface area contributed by atoms with Gasteiger partial charge in [0.25, 0.3) is 0 Å². The molecule has 4 nitrogen and oxygen atoms in total. The van der Waals surface area contributed by atoms with E-state index < -0.39 is 10.0 Å². The second kappa shape index (κ2) is 7.21. The summed E-state index contributed by atoms with van der Waals surface area (Å²) in [5.41, 5.74) is 2.98. The van der Waals surface area contributed by atoms with Crippen LogP contribution in [0.5, 0.6) is 0 Å². The van der Waals surface area contributed by atoms with Gasteiger partial charge in [0.2, 0.25) is 10.0 Å². The highest BCUT2D eigenvalue weighted by atomic mass is 79.9. The molecule has 0 saturated heterocycles. The molecule has 0 atom stereocenters. The highest BCUT2D eigenvalue weighted by molar-refractivity contribution is 9.10. The van der Waals surface area contributed by atoms with E-state index in [2.05, 4.69) is 21.2 Å². The summed E-state index contributed by atoms with van der Waals surface area (Å²) in [6.07, 6.45) is 0. The normalized spacial score (nSPS) is 11.8. The van der Waals surface area contributed by atoms with E-state index in [0.29, 0.717) is 15.7 Å². The topological polar surface area (TPSA) is 49.4 Å². The molecule has 0 radical (unpaired) electrons. The molecular weight excluding hydrogens is 395 g/mol. The summed E-state index contributed by atoms with van der Waals surface area (Å²) in [5.74, 6) is -0.316. The molecule has 0 aliphatic carbocycles. The number of nitrogens with one attached hydrogen (secondary N) is 1. The fourth-order valence-corrected chi connectivity index (χ4v) is 3.57. The van der Waals surface area contributed by atoms with Crippen molar-refractivity contribution in [3.8, 4) is 0 Å². The molecule has 0 aliphatic rings. The molecule has 2 aromatic carbocycles. The first-order valence-electron chi connectivity index (χ1n) is 7.34. The Balaban J connectivity index is 2.35. The number of rotatable bonds is 5. The van der Waals surface area contributed by atoms with Crippen LogP contribution in [-0.4, -0.2) is 26.8 Å². The van der Waals surface area contributed by atoms with Gasteiger partial charge in [-0.1, -0.05) is 22.0 Å². The lowest BCUT2D eigenvalue weighted by atomic mass is 10.1. The van der Waals surface area contributed by atoms with Crippen LogP contribution in [0, 0.1) is 19.7 Å². The predicted octanol–water partition coefficient (Wildman–Crippen LogP) is 4.07. The molecule has 0 unspecified atom stereocenters. The van der Waals surface area contributed by atoms with Gasteiger partial charge in [0.15, 0.2) is 0 Å². The molecule has 24 heavy (non-hydrogen) atoms. The Morgan fingerprint density at radius 2 is 1.83 bits per heavy atom. The van der Waals surface area contributed by atoms with Gasteiger partial charge in [-0.3, -0.25) is 0 Å². The summed E-state index contributed by atoms with van der Waals surface area (Å²) in [7, 11) is -0.533. The zero-order valence-electron chi connectivity index (χ0n) is 14.0. The summed E-state index contributed by atoms with van der Waals surface area (Å²) in [6.45, 7) is 4.03. The second-order valence-corrected chi connectivity index (χ2v) is 8.86. The number of sulfonamides is 1. The molecule has 0 aliphatic heterocycles. The van der Waals surface area contributed by atoms with Gasteiger partial charge in [0.1, 0.15) is 5.82 Å². The molecule has 0 aromatic heterocycles. The lowest BCUT2D eigenvalue weighted by Crippen LogP contribution is -2.22. The maximum Gasteiger partial charge on any atom is 0.242 e. The molecule has 0 bridgehead atoms. The van der Waals surface area contributed by atoms with Crippen molar-refractivity contribution in [3.05, 3.63) is 57.3 Å². The number of halogens is 2. The van der Waals surface area contributed by atoms with E-state index in [1.165, 1.54) is 24.5 Å². The van der Waals surface area contributed by atoms with Gasteiger partial charge in [0, 0.05) is 36.4 Å². The molecular formula is C17H20BrFN2O2S. The van der Waals surface area contributed by atoms with Crippen LogP contribution in [0.3, 0.4) is 0 Å². The molecule has 2 aromatic rings. The van der Waals surface area contributed by atoms with Crippen molar-refractivity contribution in [1.29, 1.82) is 0 Å². The minimum absolute atomic E-state index is 0.217. The fourth-order valence-electron chi connectivity index (χ4n) is 2.23. The smallest absolute Gasteiger partial charge is 0.242 e. The van der Waals surface area contributed by atoms with Crippen molar-refractivity contribution < 1.29 is 12.8 Å². The third-order valence-electron chi connectivity index (χ3n) is 3.90. The lowest BCUT2D eigenvalue weighted by molar-refractivity contribution is 0.520. The van der Waals surface area contributed by atoms with Crippen molar-refractivity contribution in [1.82, 2.24) is 4.31 Å². The van der Waals surface area contributed by atoms with Crippen molar-refractivity contribution in [2.45, 2.75) is 25.3 Å². The van der Waals surface area contributed by atoms with Gasteiger partial charge in [0.05, 0.1) is 4.90 Å². The zero-order chi connectivity index (χ0) is 18.1. The highest BCUT2D eigenvalue weighted by Crippen LogP contribution is 2.26. The Morgan fingerprint density at radius 1 is 1.17 bits per heavy atom. The van der Waals surface area contributed by atoms with Gasteiger partial charge in [-0.05, 0) is 49.2 Å². The van der Waals surface area contributed by atoms with E-state index in [4.69, 9.17) is 0 Å². The zero-order valence-corrected chi connectivity index (χ0v) is 16.4. The van der Waals surface area contributed by atoms with Gasteiger partial charge in [-0.25, -0.2) is 17.1 Å². The number of anilines is 1. The number of hydrogen-bond acceptors (Lipinski definition) is 3. The van der Waals surface area contributed by atoms with Crippen molar-refractivity contribution in [2.24, 2.45) is 0 Å². The highest BCUT2D eigenvalue weighted by Gasteiger charge is 2.19. The molecule has 1 N–H and O–H groups in total. The largest absolute Gasteiger partial charge is 0.381 e. The van der Waals surface area contributed by atoms with Crippen LogP contribution < -0.4 is 5.32 Å². The van der Waals surface area contributed by atoms with E-state index in [9.17, 15) is 12.8 Å². The van der Waals surface area contributed by atoms with Crippen molar-refractivity contribution in [2.75, 3.05) is 19.4 Å². The first kappa shape index (κ1) is 18.9. The lowest BCUT2D eigenvalue weighted by Gasteiger charge is -2.17. The molecule has 2 rings (SSSR count). The Kier molecular flexibility index (Phi) is 5.67. The van der Waals surface area contributed by atoms with E-state index in [-0.39, 0.29) is 17.3 Å².